The molecule has 1 aliphatic heterocycles. The number of aliphatic imine (C=N–C) groups is 1. The number of rotatable bonds is 8. The Morgan fingerprint density at radius 3 is 2.68 bits per heavy atom. The summed E-state index contributed by atoms with van der Waals surface area (Å²) in [6.45, 7) is 7.41. The minimum absolute atomic E-state index is 0. The number of benzene rings is 1. The van der Waals surface area contributed by atoms with Gasteiger partial charge in [0.25, 0.3) is 0 Å². The number of likely N-dealkylation sites (tertiary alicyclic amines) is 1. The molecule has 0 aliphatic carbocycles. The third kappa shape index (κ3) is 8.15. The lowest BCUT2D eigenvalue weighted by Gasteiger charge is -2.18. The Labute approximate surface area is 184 Å². The minimum Gasteiger partial charge on any atom is -0.392 e. The number of carbonyl (C=O) groups excluding carboxylic acids is 1. The van der Waals surface area contributed by atoms with Crippen molar-refractivity contribution in [2.24, 2.45) is 4.99 Å². The number of halogens is 1. The van der Waals surface area contributed by atoms with Crippen LogP contribution in [0.25, 0.3) is 0 Å². The molecule has 28 heavy (non-hydrogen) atoms. The Morgan fingerprint density at radius 1 is 1.36 bits per heavy atom. The van der Waals surface area contributed by atoms with Crippen molar-refractivity contribution in [1.82, 2.24) is 20.4 Å². The van der Waals surface area contributed by atoms with Crippen LogP contribution in [0.5, 0.6) is 0 Å². The maximum absolute atomic E-state index is 11.8. The molecule has 0 spiro atoms. The number of amides is 1. The second kappa shape index (κ2) is 12.7. The number of aliphatic hydroxyl groups is 1. The summed E-state index contributed by atoms with van der Waals surface area (Å²) in [5.74, 6) is 0.563. The van der Waals surface area contributed by atoms with Gasteiger partial charge in [-0.3, -0.25) is 9.69 Å². The number of nitrogens with zero attached hydrogens (tertiary/aromatic N) is 3. The van der Waals surface area contributed by atoms with Gasteiger partial charge in [0.05, 0.1) is 19.2 Å². The number of hydrogen-bond donors (Lipinski definition) is 3. The van der Waals surface area contributed by atoms with Crippen molar-refractivity contribution in [2.45, 2.75) is 25.6 Å². The van der Waals surface area contributed by atoms with E-state index in [-0.39, 0.29) is 42.5 Å². The lowest BCUT2D eigenvalue weighted by Crippen LogP contribution is -2.43. The number of hydrogen-bond acceptors (Lipinski definition) is 4. The van der Waals surface area contributed by atoms with E-state index in [9.17, 15) is 9.90 Å². The molecule has 1 saturated heterocycles. The van der Waals surface area contributed by atoms with Crippen molar-refractivity contribution < 1.29 is 9.90 Å². The fourth-order valence-corrected chi connectivity index (χ4v) is 2.89. The van der Waals surface area contributed by atoms with Crippen molar-refractivity contribution in [3.63, 3.8) is 0 Å². The molecule has 1 amide bonds. The highest BCUT2D eigenvalue weighted by atomic mass is 127. The van der Waals surface area contributed by atoms with Crippen LogP contribution in [0.3, 0.4) is 0 Å². The quantitative estimate of drug-likeness (QED) is 0.216. The molecule has 1 aliphatic rings. The van der Waals surface area contributed by atoms with Gasteiger partial charge in [0.15, 0.2) is 5.96 Å². The Balaban J connectivity index is 0.00000392. The molecule has 0 radical (unpaired) electrons. The van der Waals surface area contributed by atoms with Crippen LogP contribution in [-0.4, -0.2) is 73.2 Å². The summed E-state index contributed by atoms with van der Waals surface area (Å²) >= 11 is 0. The molecule has 1 unspecified atom stereocenters. The van der Waals surface area contributed by atoms with E-state index >= 15 is 0 Å². The van der Waals surface area contributed by atoms with Crippen molar-refractivity contribution in [2.75, 3.05) is 40.3 Å². The van der Waals surface area contributed by atoms with E-state index in [0.717, 1.165) is 31.6 Å². The van der Waals surface area contributed by atoms with Crippen LogP contribution in [0.2, 0.25) is 0 Å². The number of β-amino-alcohol motifs (C(OH)–C–C–N with tert-alkyl or cyclic N) is 1. The number of likely N-dealkylation sites (N-methyl/N-ethyl adjacent to an activating group) is 1. The Hall–Kier alpha value is -1.65. The van der Waals surface area contributed by atoms with Gasteiger partial charge in [-0.1, -0.05) is 30.3 Å². The van der Waals surface area contributed by atoms with E-state index in [4.69, 9.17) is 0 Å². The molecule has 8 heteroatoms. The third-order valence-corrected chi connectivity index (χ3v) is 4.49. The largest absolute Gasteiger partial charge is 0.392 e. The van der Waals surface area contributed by atoms with Gasteiger partial charge in [0.2, 0.25) is 5.91 Å². The zero-order valence-electron chi connectivity index (χ0n) is 16.7. The van der Waals surface area contributed by atoms with Gasteiger partial charge >= 0.3 is 0 Å². The minimum atomic E-state index is -0.219. The standard InChI is InChI=1S/C20H31N5O2.HI/c1-4-10-21-20(23-13-19(27)24(2)3)22-12-16-7-5-6-8-17(16)14-25-11-9-18(26)15-25;/h4-8,18,26H,1,9-15H2,2-3H3,(H2,21,22,23);1H. The molecule has 1 aromatic rings. The van der Waals surface area contributed by atoms with E-state index in [2.05, 4.69) is 39.2 Å². The number of nitrogens with one attached hydrogen (secondary N) is 2. The van der Waals surface area contributed by atoms with Gasteiger partial charge in [-0.15, -0.1) is 30.6 Å². The monoisotopic (exact) mass is 501 g/mol. The first-order valence-corrected chi connectivity index (χ1v) is 9.30. The maximum Gasteiger partial charge on any atom is 0.241 e. The molecule has 1 fully saturated rings. The highest BCUT2D eigenvalue weighted by Gasteiger charge is 2.20. The summed E-state index contributed by atoms with van der Waals surface area (Å²) < 4.78 is 0. The maximum atomic E-state index is 11.8. The van der Waals surface area contributed by atoms with Crippen molar-refractivity contribution in [1.29, 1.82) is 0 Å². The second-order valence-electron chi connectivity index (χ2n) is 6.92. The molecular formula is C20H32IN5O2. The molecule has 0 saturated carbocycles. The second-order valence-corrected chi connectivity index (χ2v) is 6.92. The van der Waals surface area contributed by atoms with Gasteiger partial charge in [-0.25, -0.2) is 4.99 Å². The molecule has 0 bridgehead atoms. The Bertz CT molecular complexity index is 666. The van der Waals surface area contributed by atoms with E-state index in [1.807, 2.05) is 12.1 Å². The van der Waals surface area contributed by atoms with Crippen molar-refractivity contribution in [3.05, 3.63) is 48.0 Å². The highest BCUT2D eigenvalue weighted by molar-refractivity contribution is 14.0. The van der Waals surface area contributed by atoms with E-state index in [1.165, 1.54) is 10.5 Å². The van der Waals surface area contributed by atoms with Gasteiger partial charge < -0.3 is 20.6 Å². The molecule has 0 aromatic heterocycles. The fourth-order valence-electron chi connectivity index (χ4n) is 2.89. The van der Waals surface area contributed by atoms with Crippen LogP contribution < -0.4 is 10.6 Å². The first-order chi connectivity index (χ1) is 13.0. The fraction of sp³-hybridized carbons (Fsp3) is 0.500. The normalized spacial score (nSPS) is 17.0. The lowest BCUT2D eigenvalue weighted by molar-refractivity contribution is -0.127. The van der Waals surface area contributed by atoms with Gasteiger partial charge in [-0.2, -0.15) is 0 Å². The number of aliphatic hydroxyl groups excluding tert-OH is 1. The summed E-state index contributed by atoms with van der Waals surface area (Å²) in [6, 6.07) is 8.21. The average molecular weight is 501 g/mol. The third-order valence-electron chi connectivity index (χ3n) is 4.49. The van der Waals surface area contributed by atoms with Gasteiger partial charge in [0.1, 0.15) is 0 Å². The lowest BCUT2D eigenvalue weighted by atomic mass is 10.1. The SMILES string of the molecule is C=CCNC(=NCc1ccccc1CN1CCC(O)C1)NCC(=O)N(C)C.I. The Morgan fingerprint density at radius 2 is 2.07 bits per heavy atom. The zero-order valence-corrected chi connectivity index (χ0v) is 19.1. The van der Waals surface area contributed by atoms with E-state index in [0.29, 0.717) is 19.0 Å². The molecule has 1 atom stereocenters. The highest BCUT2D eigenvalue weighted by Crippen LogP contribution is 2.17. The summed E-state index contributed by atoms with van der Waals surface area (Å²) in [6.07, 6.45) is 2.36. The molecule has 2 rings (SSSR count). The van der Waals surface area contributed by atoms with Crippen LogP contribution in [0.4, 0.5) is 0 Å². The van der Waals surface area contributed by atoms with Crippen molar-refractivity contribution in [3.8, 4) is 0 Å². The summed E-state index contributed by atoms with van der Waals surface area (Å²) in [4.78, 5) is 20.2. The molecular weight excluding hydrogens is 469 g/mol. The van der Waals surface area contributed by atoms with Crippen molar-refractivity contribution >= 4 is 35.8 Å². The molecule has 7 nitrogen and oxygen atoms in total. The number of carbonyl (C=O) groups is 1. The van der Waals surface area contributed by atoms with Crippen LogP contribution in [-0.2, 0) is 17.9 Å². The average Bonchev–Trinajstić information content (AvgIpc) is 3.06. The zero-order chi connectivity index (χ0) is 19.6. The molecule has 3 N–H and O–H groups in total. The molecule has 1 heterocycles. The first kappa shape index (κ1) is 24.4. The van der Waals surface area contributed by atoms with Crippen LogP contribution in [0.15, 0.2) is 41.9 Å². The van der Waals surface area contributed by atoms with Crippen LogP contribution in [0.1, 0.15) is 17.5 Å². The van der Waals surface area contributed by atoms with Crippen LogP contribution in [0, 0.1) is 0 Å². The molecule has 156 valence electrons. The first-order valence-electron chi connectivity index (χ1n) is 9.30. The smallest absolute Gasteiger partial charge is 0.241 e. The summed E-state index contributed by atoms with van der Waals surface area (Å²) in [5, 5.41) is 15.9. The Kier molecular flexibility index (Phi) is 11.1. The van der Waals surface area contributed by atoms with E-state index < -0.39 is 0 Å². The van der Waals surface area contributed by atoms with Gasteiger partial charge in [0, 0.05) is 40.3 Å². The summed E-state index contributed by atoms with van der Waals surface area (Å²) in [7, 11) is 3.45. The number of guanidine groups is 1. The van der Waals surface area contributed by atoms with Crippen LogP contribution >= 0.6 is 24.0 Å². The summed E-state index contributed by atoms with van der Waals surface area (Å²) in [5.41, 5.74) is 2.35. The van der Waals surface area contributed by atoms with Gasteiger partial charge in [-0.05, 0) is 17.5 Å². The predicted molar refractivity (Wildman–Crippen MR) is 124 cm³/mol. The predicted octanol–water partition coefficient (Wildman–Crippen LogP) is 1.18. The topological polar surface area (TPSA) is 80.2 Å². The molecule has 1 aromatic carbocycles. The van der Waals surface area contributed by atoms with E-state index in [1.54, 1.807) is 20.2 Å².